The average Bonchev–Trinajstić information content (AvgIpc) is 2.71. The third kappa shape index (κ3) is 2.18. The van der Waals surface area contributed by atoms with Gasteiger partial charge in [-0.1, -0.05) is 12.1 Å². The number of carbonyl (C=O) groups excluding carboxylic acids is 1. The molecule has 0 atom stereocenters. The van der Waals surface area contributed by atoms with Crippen LogP contribution in [0.5, 0.6) is 0 Å². The number of para-hydroxylation sites is 1. The zero-order chi connectivity index (χ0) is 13.3. The number of ketones is 1. The van der Waals surface area contributed by atoms with Crippen molar-refractivity contribution in [2.24, 2.45) is 0 Å². The van der Waals surface area contributed by atoms with E-state index in [1.807, 2.05) is 13.8 Å². The number of nitrogen functional groups attached to an aromatic ring is 1. The van der Waals surface area contributed by atoms with E-state index in [-0.39, 0.29) is 11.8 Å². The monoisotopic (exact) mass is 307 g/mol. The first-order chi connectivity index (χ1) is 8.52. The SMILES string of the molecule is CC(C)n1ncc(Br)c1C(=O)c1ccccc1N. The van der Waals surface area contributed by atoms with Gasteiger partial charge in [0.25, 0.3) is 0 Å². The van der Waals surface area contributed by atoms with Crippen LogP contribution in [0.25, 0.3) is 0 Å². The van der Waals surface area contributed by atoms with Crippen molar-refractivity contribution in [3.63, 3.8) is 0 Å². The van der Waals surface area contributed by atoms with Crippen LogP contribution in [-0.2, 0) is 0 Å². The Morgan fingerprint density at radius 2 is 2.06 bits per heavy atom. The van der Waals surface area contributed by atoms with Crippen LogP contribution < -0.4 is 5.73 Å². The second-order valence-corrected chi connectivity index (χ2v) is 5.15. The number of hydrogen-bond donors (Lipinski definition) is 1. The van der Waals surface area contributed by atoms with Gasteiger partial charge in [-0.05, 0) is 41.9 Å². The fourth-order valence-corrected chi connectivity index (χ4v) is 2.23. The first kappa shape index (κ1) is 12.8. The van der Waals surface area contributed by atoms with E-state index < -0.39 is 0 Å². The molecule has 0 bridgehead atoms. The Balaban J connectivity index is 2.53. The van der Waals surface area contributed by atoms with Crippen molar-refractivity contribution in [2.45, 2.75) is 19.9 Å². The Kier molecular flexibility index (Phi) is 3.52. The van der Waals surface area contributed by atoms with Crippen molar-refractivity contribution in [1.82, 2.24) is 9.78 Å². The number of carbonyl (C=O) groups is 1. The highest BCUT2D eigenvalue weighted by Crippen LogP contribution is 2.24. The van der Waals surface area contributed by atoms with Crippen LogP contribution >= 0.6 is 15.9 Å². The van der Waals surface area contributed by atoms with E-state index in [9.17, 15) is 4.79 Å². The molecule has 0 aliphatic carbocycles. The Morgan fingerprint density at radius 3 is 2.67 bits per heavy atom. The summed E-state index contributed by atoms with van der Waals surface area (Å²) in [5.74, 6) is -0.119. The molecule has 0 saturated carbocycles. The van der Waals surface area contributed by atoms with Crippen LogP contribution in [0.4, 0.5) is 5.69 Å². The Hall–Kier alpha value is -1.62. The highest BCUT2D eigenvalue weighted by atomic mass is 79.9. The number of hydrogen-bond acceptors (Lipinski definition) is 3. The van der Waals surface area contributed by atoms with E-state index in [1.165, 1.54) is 0 Å². The molecule has 0 saturated heterocycles. The molecule has 2 rings (SSSR count). The molecule has 1 heterocycles. The van der Waals surface area contributed by atoms with Gasteiger partial charge in [0.15, 0.2) is 0 Å². The van der Waals surface area contributed by atoms with Crippen molar-refractivity contribution in [3.8, 4) is 0 Å². The standard InChI is InChI=1S/C13H14BrN3O/c1-8(2)17-12(10(14)7-16-17)13(18)9-5-3-4-6-11(9)15/h3-8H,15H2,1-2H3. The van der Waals surface area contributed by atoms with Gasteiger partial charge in [-0.3, -0.25) is 9.48 Å². The Morgan fingerprint density at radius 1 is 1.39 bits per heavy atom. The topological polar surface area (TPSA) is 60.9 Å². The van der Waals surface area contributed by atoms with Gasteiger partial charge in [0.2, 0.25) is 5.78 Å². The van der Waals surface area contributed by atoms with E-state index >= 15 is 0 Å². The molecule has 18 heavy (non-hydrogen) atoms. The molecule has 1 aromatic carbocycles. The lowest BCUT2D eigenvalue weighted by Gasteiger charge is -2.11. The normalized spacial score (nSPS) is 10.9. The van der Waals surface area contributed by atoms with Crippen molar-refractivity contribution in [1.29, 1.82) is 0 Å². The summed E-state index contributed by atoms with van der Waals surface area (Å²) in [4.78, 5) is 12.5. The highest BCUT2D eigenvalue weighted by molar-refractivity contribution is 9.10. The van der Waals surface area contributed by atoms with Gasteiger partial charge >= 0.3 is 0 Å². The highest BCUT2D eigenvalue weighted by Gasteiger charge is 2.21. The Bertz CT molecular complexity index is 590. The van der Waals surface area contributed by atoms with Gasteiger partial charge in [-0.2, -0.15) is 5.10 Å². The summed E-state index contributed by atoms with van der Waals surface area (Å²) < 4.78 is 2.38. The molecule has 0 aliphatic rings. The zero-order valence-electron chi connectivity index (χ0n) is 10.2. The minimum absolute atomic E-state index is 0.111. The molecule has 0 amide bonds. The van der Waals surface area contributed by atoms with Crippen LogP contribution in [0.2, 0.25) is 0 Å². The van der Waals surface area contributed by atoms with Gasteiger partial charge in [-0.25, -0.2) is 0 Å². The zero-order valence-corrected chi connectivity index (χ0v) is 11.8. The van der Waals surface area contributed by atoms with Gasteiger partial charge in [0, 0.05) is 17.3 Å². The third-order valence-corrected chi connectivity index (χ3v) is 3.24. The van der Waals surface area contributed by atoms with Crippen molar-refractivity contribution < 1.29 is 4.79 Å². The number of anilines is 1. The predicted molar refractivity (Wildman–Crippen MR) is 74.6 cm³/mol. The number of benzene rings is 1. The molecular formula is C13H14BrN3O. The lowest BCUT2D eigenvalue weighted by Crippen LogP contribution is -2.15. The van der Waals surface area contributed by atoms with E-state index in [0.717, 1.165) is 0 Å². The minimum Gasteiger partial charge on any atom is -0.398 e. The number of nitrogens with zero attached hydrogens (tertiary/aromatic N) is 2. The van der Waals surface area contributed by atoms with Gasteiger partial charge in [-0.15, -0.1) is 0 Å². The summed E-state index contributed by atoms with van der Waals surface area (Å²) in [5.41, 5.74) is 7.35. The van der Waals surface area contributed by atoms with Gasteiger partial charge in [0.05, 0.1) is 10.7 Å². The van der Waals surface area contributed by atoms with Gasteiger partial charge in [0.1, 0.15) is 5.69 Å². The maximum absolute atomic E-state index is 12.5. The van der Waals surface area contributed by atoms with E-state index in [1.54, 1.807) is 35.1 Å². The largest absolute Gasteiger partial charge is 0.398 e. The molecule has 4 nitrogen and oxygen atoms in total. The molecule has 0 aliphatic heterocycles. The van der Waals surface area contributed by atoms with Crippen LogP contribution in [-0.4, -0.2) is 15.6 Å². The Labute approximate surface area is 114 Å². The smallest absolute Gasteiger partial charge is 0.214 e. The number of halogens is 1. The number of rotatable bonds is 3. The third-order valence-electron chi connectivity index (χ3n) is 2.66. The summed E-state index contributed by atoms with van der Waals surface area (Å²) in [7, 11) is 0. The molecule has 2 N–H and O–H groups in total. The molecular weight excluding hydrogens is 294 g/mol. The maximum Gasteiger partial charge on any atom is 0.214 e. The molecule has 94 valence electrons. The summed E-state index contributed by atoms with van der Waals surface area (Å²) >= 11 is 3.36. The molecule has 1 aromatic heterocycles. The van der Waals surface area contributed by atoms with E-state index in [2.05, 4.69) is 21.0 Å². The first-order valence-corrected chi connectivity index (χ1v) is 6.44. The first-order valence-electron chi connectivity index (χ1n) is 5.64. The number of nitrogens with two attached hydrogens (primary N) is 1. The molecule has 0 unspecified atom stereocenters. The molecule has 0 spiro atoms. The summed E-state index contributed by atoms with van der Waals surface area (Å²) in [6.45, 7) is 3.95. The van der Waals surface area contributed by atoms with E-state index in [0.29, 0.717) is 21.4 Å². The van der Waals surface area contributed by atoms with Crippen LogP contribution in [0.15, 0.2) is 34.9 Å². The minimum atomic E-state index is -0.119. The lowest BCUT2D eigenvalue weighted by atomic mass is 10.1. The van der Waals surface area contributed by atoms with Crippen molar-refractivity contribution in [2.75, 3.05) is 5.73 Å². The average molecular weight is 308 g/mol. The second kappa shape index (κ2) is 4.94. The molecule has 2 aromatic rings. The quantitative estimate of drug-likeness (QED) is 0.700. The summed E-state index contributed by atoms with van der Waals surface area (Å²) in [5, 5.41) is 4.20. The van der Waals surface area contributed by atoms with Crippen LogP contribution in [0, 0.1) is 0 Å². The summed E-state index contributed by atoms with van der Waals surface area (Å²) in [6, 6.07) is 7.16. The van der Waals surface area contributed by atoms with Crippen LogP contribution in [0.3, 0.4) is 0 Å². The van der Waals surface area contributed by atoms with E-state index in [4.69, 9.17) is 5.73 Å². The molecule has 5 heteroatoms. The van der Waals surface area contributed by atoms with Crippen molar-refractivity contribution in [3.05, 3.63) is 46.2 Å². The molecule has 0 fully saturated rings. The second-order valence-electron chi connectivity index (χ2n) is 4.30. The summed E-state index contributed by atoms with van der Waals surface area (Å²) in [6.07, 6.45) is 1.63. The fourth-order valence-electron chi connectivity index (χ4n) is 1.78. The van der Waals surface area contributed by atoms with Crippen LogP contribution in [0.1, 0.15) is 35.9 Å². The predicted octanol–water partition coefficient (Wildman–Crippen LogP) is 3.04. The maximum atomic E-state index is 12.5. The lowest BCUT2D eigenvalue weighted by molar-refractivity contribution is 0.102. The fraction of sp³-hybridized carbons (Fsp3) is 0.231. The molecule has 0 radical (unpaired) electrons. The van der Waals surface area contributed by atoms with Gasteiger partial charge < -0.3 is 5.73 Å². The van der Waals surface area contributed by atoms with Crippen molar-refractivity contribution >= 4 is 27.4 Å². The number of aromatic nitrogens is 2.